The van der Waals surface area contributed by atoms with E-state index >= 15 is 0 Å². The molecule has 2 saturated heterocycles. The standard InChI is InChI=1S/C15H27NO4/c1-4-16(14(2,3)13(17)18)12-5-8-20-15(11-12)6-9-19-10-7-15/h12H,4-11H2,1-3H3,(H,17,18). The fourth-order valence-electron chi connectivity index (χ4n) is 3.59. The zero-order chi connectivity index (χ0) is 14.8. The van der Waals surface area contributed by atoms with E-state index in [0.717, 1.165) is 52.0 Å². The van der Waals surface area contributed by atoms with Crippen molar-refractivity contribution in [2.24, 2.45) is 0 Å². The normalized spacial score (nSPS) is 26.9. The second kappa shape index (κ2) is 6.00. The first-order valence-electron chi connectivity index (χ1n) is 7.63. The zero-order valence-corrected chi connectivity index (χ0v) is 12.9. The topological polar surface area (TPSA) is 59.0 Å². The Hall–Kier alpha value is -0.650. The van der Waals surface area contributed by atoms with Crippen molar-refractivity contribution in [1.82, 2.24) is 4.90 Å². The molecular formula is C15H27NO4. The number of carboxylic acids is 1. The Balaban J connectivity index is 2.12. The summed E-state index contributed by atoms with van der Waals surface area (Å²) >= 11 is 0. The van der Waals surface area contributed by atoms with Gasteiger partial charge >= 0.3 is 5.97 Å². The van der Waals surface area contributed by atoms with Gasteiger partial charge in [-0.25, -0.2) is 0 Å². The molecule has 116 valence electrons. The molecule has 20 heavy (non-hydrogen) atoms. The molecule has 5 nitrogen and oxygen atoms in total. The zero-order valence-electron chi connectivity index (χ0n) is 12.9. The van der Waals surface area contributed by atoms with Gasteiger partial charge in [0.2, 0.25) is 0 Å². The maximum Gasteiger partial charge on any atom is 0.323 e. The predicted octanol–water partition coefficient (Wildman–Crippen LogP) is 1.90. The molecule has 2 heterocycles. The van der Waals surface area contributed by atoms with Crippen LogP contribution in [-0.2, 0) is 14.3 Å². The highest BCUT2D eigenvalue weighted by Crippen LogP contribution is 2.37. The molecular weight excluding hydrogens is 258 g/mol. The van der Waals surface area contributed by atoms with Crippen LogP contribution in [0.1, 0.15) is 46.5 Å². The van der Waals surface area contributed by atoms with Crippen LogP contribution in [0.3, 0.4) is 0 Å². The maximum absolute atomic E-state index is 11.5. The van der Waals surface area contributed by atoms with Gasteiger partial charge in [0, 0.05) is 25.9 Å². The van der Waals surface area contributed by atoms with Crippen molar-refractivity contribution in [3.05, 3.63) is 0 Å². The van der Waals surface area contributed by atoms with Crippen molar-refractivity contribution in [2.45, 2.75) is 63.6 Å². The SMILES string of the molecule is CCN(C1CCOC2(CCOCC2)C1)C(C)(C)C(=O)O. The van der Waals surface area contributed by atoms with Gasteiger partial charge in [0.1, 0.15) is 5.54 Å². The number of ether oxygens (including phenoxy) is 2. The summed E-state index contributed by atoms with van der Waals surface area (Å²) in [6.07, 6.45) is 3.68. The van der Waals surface area contributed by atoms with Crippen molar-refractivity contribution < 1.29 is 19.4 Å². The first-order valence-corrected chi connectivity index (χ1v) is 7.63. The van der Waals surface area contributed by atoms with E-state index in [0.29, 0.717) is 0 Å². The number of likely N-dealkylation sites (N-methyl/N-ethyl adjacent to an activating group) is 1. The van der Waals surface area contributed by atoms with Crippen LogP contribution >= 0.6 is 0 Å². The quantitative estimate of drug-likeness (QED) is 0.855. The van der Waals surface area contributed by atoms with E-state index < -0.39 is 11.5 Å². The minimum Gasteiger partial charge on any atom is -0.480 e. The second-order valence-corrected chi connectivity index (χ2v) is 6.44. The van der Waals surface area contributed by atoms with Crippen molar-refractivity contribution in [1.29, 1.82) is 0 Å². The molecule has 5 heteroatoms. The molecule has 0 aliphatic carbocycles. The molecule has 0 aromatic rings. The van der Waals surface area contributed by atoms with E-state index in [2.05, 4.69) is 4.90 Å². The lowest BCUT2D eigenvalue weighted by Gasteiger charge is -2.49. The summed E-state index contributed by atoms with van der Waals surface area (Å²) in [4.78, 5) is 13.7. The average Bonchev–Trinajstić information content (AvgIpc) is 2.40. The molecule has 0 bridgehead atoms. The van der Waals surface area contributed by atoms with Crippen LogP contribution in [0, 0.1) is 0 Å². The molecule has 2 aliphatic rings. The van der Waals surface area contributed by atoms with Crippen LogP contribution in [0.2, 0.25) is 0 Å². The largest absolute Gasteiger partial charge is 0.480 e. The number of carbonyl (C=O) groups is 1. The van der Waals surface area contributed by atoms with Gasteiger partial charge in [0.25, 0.3) is 0 Å². The van der Waals surface area contributed by atoms with Crippen molar-refractivity contribution in [3.63, 3.8) is 0 Å². The molecule has 0 radical (unpaired) electrons. The van der Waals surface area contributed by atoms with Gasteiger partial charge in [-0.2, -0.15) is 0 Å². The first kappa shape index (κ1) is 15.7. The Morgan fingerprint density at radius 2 is 2.00 bits per heavy atom. The number of carboxylic acid groups (broad SMARTS) is 1. The third-order valence-electron chi connectivity index (χ3n) is 4.89. The molecule has 0 aromatic heterocycles. The molecule has 0 saturated carbocycles. The highest BCUT2D eigenvalue weighted by molar-refractivity contribution is 5.77. The van der Waals surface area contributed by atoms with Gasteiger partial charge in [0.15, 0.2) is 0 Å². The third kappa shape index (κ3) is 3.00. The number of rotatable bonds is 4. The van der Waals surface area contributed by atoms with Gasteiger partial charge in [0.05, 0.1) is 5.60 Å². The van der Waals surface area contributed by atoms with Gasteiger partial charge < -0.3 is 14.6 Å². The van der Waals surface area contributed by atoms with Crippen molar-refractivity contribution in [3.8, 4) is 0 Å². The third-order valence-corrected chi connectivity index (χ3v) is 4.89. The first-order chi connectivity index (χ1) is 9.41. The van der Waals surface area contributed by atoms with Crippen LogP contribution in [0.25, 0.3) is 0 Å². The van der Waals surface area contributed by atoms with E-state index in [1.807, 2.05) is 6.92 Å². The monoisotopic (exact) mass is 285 g/mol. The number of hydrogen-bond acceptors (Lipinski definition) is 4. The molecule has 2 rings (SSSR count). The van der Waals surface area contributed by atoms with E-state index in [-0.39, 0.29) is 11.6 Å². The lowest BCUT2D eigenvalue weighted by molar-refractivity contribution is -0.169. The number of aliphatic carboxylic acids is 1. The average molecular weight is 285 g/mol. The lowest BCUT2D eigenvalue weighted by Crippen LogP contribution is -2.59. The summed E-state index contributed by atoms with van der Waals surface area (Å²) in [5.41, 5.74) is -0.924. The van der Waals surface area contributed by atoms with Crippen molar-refractivity contribution in [2.75, 3.05) is 26.4 Å². The minimum absolute atomic E-state index is 0.0941. The molecule has 0 amide bonds. The molecule has 0 aromatic carbocycles. The minimum atomic E-state index is -0.830. The number of nitrogens with zero attached hydrogens (tertiary/aromatic N) is 1. The maximum atomic E-state index is 11.5. The van der Waals surface area contributed by atoms with E-state index in [9.17, 15) is 9.90 Å². The Morgan fingerprint density at radius 3 is 2.55 bits per heavy atom. The van der Waals surface area contributed by atoms with Crippen molar-refractivity contribution >= 4 is 5.97 Å². The Labute approximate surface area is 121 Å². The van der Waals surface area contributed by atoms with Crippen LogP contribution in [0.15, 0.2) is 0 Å². The lowest BCUT2D eigenvalue weighted by atomic mass is 9.82. The predicted molar refractivity (Wildman–Crippen MR) is 75.9 cm³/mol. The summed E-state index contributed by atoms with van der Waals surface area (Å²) in [6, 6.07) is 0.276. The molecule has 1 unspecified atom stereocenters. The fourth-order valence-corrected chi connectivity index (χ4v) is 3.59. The van der Waals surface area contributed by atoms with Crippen LogP contribution in [0.5, 0.6) is 0 Å². The highest BCUT2D eigenvalue weighted by atomic mass is 16.5. The Morgan fingerprint density at radius 1 is 1.35 bits per heavy atom. The summed E-state index contributed by atoms with van der Waals surface area (Å²) in [5.74, 6) is -0.758. The molecule has 1 N–H and O–H groups in total. The van der Waals surface area contributed by atoms with Gasteiger partial charge in [-0.15, -0.1) is 0 Å². The Bertz CT molecular complexity index is 344. The molecule has 1 spiro atoms. The Kier molecular flexibility index (Phi) is 4.72. The summed E-state index contributed by atoms with van der Waals surface area (Å²) < 4.78 is 11.5. The van der Waals surface area contributed by atoms with Gasteiger partial charge in [-0.1, -0.05) is 6.92 Å². The van der Waals surface area contributed by atoms with E-state index in [4.69, 9.17) is 9.47 Å². The van der Waals surface area contributed by atoms with Crippen LogP contribution in [-0.4, -0.2) is 59.5 Å². The fraction of sp³-hybridized carbons (Fsp3) is 0.933. The second-order valence-electron chi connectivity index (χ2n) is 6.44. The molecule has 2 aliphatic heterocycles. The highest BCUT2D eigenvalue weighted by Gasteiger charge is 2.45. The van der Waals surface area contributed by atoms with Gasteiger partial charge in [-0.3, -0.25) is 9.69 Å². The summed E-state index contributed by atoms with van der Waals surface area (Å²) in [7, 11) is 0. The summed E-state index contributed by atoms with van der Waals surface area (Å²) in [5, 5.41) is 9.48. The smallest absolute Gasteiger partial charge is 0.323 e. The van der Waals surface area contributed by atoms with Gasteiger partial charge in [-0.05, 0) is 46.1 Å². The summed E-state index contributed by atoms with van der Waals surface area (Å²) in [6.45, 7) is 8.60. The molecule has 2 fully saturated rings. The van der Waals surface area contributed by atoms with E-state index in [1.54, 1.807) is 13.8 Å². The van der Waals surface area contributed by atoms with Crippen LogP contribution in [0.4, 0.5) is 0 Å². The molecule has 1 atom stereocenters. The van der Waals surface area contributed by atoms with Crippen LogP contribution < -0.4 is 0 Å². The van der Waals surface area contributed by atoms with E-state index in [1.165, 1.54) is 0 Å². The number of hydrogen-bond donors (Lipinski definition) is 1.